The Balaban J connectivity index is 1.60. The normalized spacial score (nSPS) is 15.7. The Hall–Kier alpha value is -3.12. The molecule has 1 atom stereocenters. The van der Waals surface area contributed by atoms with Crippen LogP contribution in [0.2, 0.25) is 0 Å². The molecule has 3 aromatic carbocycles. The van der Waals surface area contributed by atoms with Crippen molar-refractivity contribution in [3.8, 4) is 0 Å². The fraction of sp³-hybridized carbons (Fsp3) is 0.240. The number of fused-ring (bicyclic) bond motifs is 1. The summed E-state index contributed by atoms with van der Waals surface area (Å²) < 4.78 is 27.3. The highest BCUT2D eigenvalue weighted by atomic mass is 32.2. The van der Waals surface area contributed by atoms with E-state index in [1.165, 1.54) is 22.5 Å². The van der Waals surface area contributed by atoms with Crippen LogP contribution in [-0.4, -0.2) is 21.4 Å². The predicted molar refractivity (Wildman–Crippen MR) is 123 cm³/mol. The lowest BCUT2D eigenvalue weighted by Crippen LogP contribution is -2.31. The third-order valence-electron chi connectivity index (χ3n) is 5.89. The van der Waals surface area contributed by atoms with Gasteiger partial charge in [-0.05, 0) is 67.1 Å². The van der Waals surface area contributed by atoms with Gasteiger partial charge in [0.15, 0.2) is 0 Å². The highest BCUT2D eigenvalue weighted by molar-refractivity contribution is 7.92. The summed E-state index contributed by atoms with van der Waals surface area (Å²) in [5.74, 6) is -0.200. The quantitative estimate of drug-likeness (QED) is 0.637. The number of carbonyl (C=O) groups is 1. The maximum absolute atomic E-state index is 13.0. The summed E-state index contributed by atoms with van der Waals surface area (Å²) in [4.78, 5) is 13.3. The predicted octanol–water partition coefficient (Wildman–Crippen LogP) is 4.63. The number of rotatable bonds is 5. The molecule has 6 heteroatoms. The molecular weight excluding hydrogens is 408 g/mol. The van der Waals surface area contributed by atoms with Crippen LogP contribution in [0.3, 0.4) is 0 Å². The Morgan fingerprint density at radius 1 is 1.00 bits per heavy atom. The van der Waals surface area contributed by atoms with E-state index < -0.39 is 10.0 Å². The van der Waals surface area contributed by atoms with Gasteiger partial charge in [-0.2, -0.15) is 0 Å². The van der Waals surface area contributed by atoms with E-state index in [2.05, 4.69) is 17.4 Å². The summed E-state index contributed by atoms with van der Waals surface area (Å²) in [5.41, 5.74) is 4.15. The van der Waals surface area contributed by atoms with Crippen molar-refractivity contribution in [2.75, 3.05) is 11.4 Å². The van der Waals surface area contributed by atoms with Crippen LogP contribution in [0.25, 0.3) is 0 Å². The molecule has 0 unspecified atom stereocenters. The average molecular weight is 435 g/mol. The molecule has 5 nitrogen and oxygen atoms in total. The summed E-state index contributed by atoms with van der Waals surface area (Å²) in [7, 11) is -2.20. The van der Waals surface area contributed by atoms with Crippen LogP contribution in [-0.2, 0) is 16.4 Å². The van der Waals surface area contributed by atoms with Gasteiger partial charge in [0.2, 0.25) is 0 Å². The van der Waals surface area contributed by atoms with Gasteiger partial charge in [-0.3, -0.25) is 9.10 Å². The average Bonchev–Trinajstić information content (AvgIpc) is 2.79. The summed E-state index contributed by atoms with van der Waals surface area (Å²) >= 11 is 0. The van der Waals surface area contributed by atoms with Crippen molar-refractivity contribution in [1.29, 1.82) is 0 Å². The number of anilines is 1. The fourth-order valence-corrected chi connectivity index (χ4v) is 5.39. The summed E-state index contributed by atoms with van der Waals surface area (Å²) in [6, 6.07) is 21.7. The van der Waals surface area contributed by atoms with Crippen molar-refractivity contribution in [2.45, 2.75) is 37.1 Å². The SMILES string of the molecule is Cc1ccc(C(=O)N[C@@H]2CCCc3ccccc32)cc1N(C)S(=O)(=O)c1ccccc1. The molecule has 0 aliphatic heterocycles. The highest BCUT2D eigenvalue weighted by Gasteiger charge is 2.25. The smallest absolute Gasteiger partial charge is 0.264 e. The minimum atomic E-state index is -3.72. The van der Waals surface area contributed by atoms with Gasteiger partial charge in [0, 0.05) is 12.6 Å². The lowest BCUT2D eigenvalue weighted by Gasteiger charge is -2.27. The lowest BCUT2D eigenvalue weighted by atomic mass is 9.87. The first-order valence-corrected chi connectivity index (χ1v) is 11.9. The number of carbonyl (C=O) groups excluding carboxylic acids is 1. The number of sulfonamides is 1. The van der Waals surface area contributed by atoms with Crippen LogP contribution in [0.4, 0.5) is 5.69 Å². The molecule has 0 fully saturated rings. The van der Waals surface area contributed by atoms with Crippen molar-refractivity contribution >= 4 is 21.6 Å². The van der Waals surface area contributed by atoms with E-state index in [9.17, 15) is 13.2 Å². The molecule has 0 saturated carbocycles. The monoisotopic (exact) mass is 434 g/mol. The van der Waals surface area contributed by atoms with E-state index >= 15 is 0 Å². The Kier molecular flexibility index (Phi) is 5.83. The Labute approximate surface area is 183 Å². The van der Waals surface area contributed by atoms with Crippen LogP contribution < -0.4 is 9.62 Å². The van der Waals surface area contributed by atoms with E-state index in [1.54, 1.807) is 48.5 Å². The molecule has 0 radical (unpaired) electrons. The first kappa shape index (κ1) is 21.1. The molecule has 0 heterocycles. The molecule has 31 heavy (non-hydrogen) atoms. The molecule has 1 aliphatic rings. The molecule has 1 N–H and O–H groups in total. The summed E-state index contributed by atoms with van der Waals surface area (Å²) in [5, 5.41) is 3.14. The summed E-state index contributed by atoms with van der Waals surface area (Å²) in [6.45, 7) is 1.84. The number of amides is 1. The Morgan fingerprint density at radius 3 is 2.48 bits per heavy atom. The first-order valence-electron chi connectivity index (χ1n) is 10.4. The van der Waals surface area contributed by atoms with Gasteiger partial charge in [-0.15, -0.1) is 0 Å². The Bertz CT molecular complexity index is 1210. The molecule has 1 amide bonds. The maximum Gasteiger partial charge on any atom is 0.264 e. The van der Waals surface area contributed by atoms with Crippen LogP contribution >= 0.6 is 0 Å². The van der Waals surface area contributed by atoms with Crippen molar-refractivity contribution in [3.63, 3.8) is 0 Å². The maximum atomic E-state index is 13.0. The van der Waals surface area contributed by atoms with Crippen molar-refractivity contribution in [1.82, 2.24) is 5.32 Å². The van der Waals surface area contributed by atoms with E-state index in [4.69, 9.17) is 0 Å². The topological polar surface area (TPSA) is 66.5 Å². The molecule has 0 spiro atoms. The molecule has 160 valence electrons. The van der Waals surface area contributed by atoms with Gasteiger partial charge in [0.05, 0.1) is 16.6 Å². The van der Waals surface area contributed by atoms with Crippen molar-refractivity contribution < 1.29 is 13.2 Å². The van der Waals surface area contributed by atoms with Crippen LogP contribution in [0, 0.1) is 6.92 Å². The third kappa shape index (κ3) is 4.21. The molecular formula is C25H26N2O3S. The first-order chi connectivity index (χ1) is 14.9. The van der Waals surface area contributed by atoms with Gasteiger partial charge >= 0.3 is 0 Å². The number of hydrogen-bond donors (Lipinski definition) is 1. The van der Waals surface area contributed by atoms with Crippen molar-refractivity contribution in [2.24, 2.45) is 0 Å². The fourth-order valence-electron chi connectivity index (χ4n) is 4.12. The van der Waals surface area contributed by atoms with E-state index in [0.717, 1.165) is 24.8 Å². The van der Waals surface area contributed by atoms with Gasteiger partial charge < -0.3 is 5.32 Å². The molecule has 4 rings (SSSR count). The van der Waals surface area contributed by atoms with E-state index in [1.807, 2.05) is 19.1 Å². The molecule has 1 aliphatic carbocycles. The van der Waals surface area contributed by atoms with Crippen LogP contribution in [0.15, 0.2) is 77.7 Å². The van der Waals surface area contributed by atoms with E-state index in [-0.39, 0.29) is 16.8 Å². The lowest BCUT2D eigenvalue weighted by molar-refractivity contribution is 0.0932. The number of aryl methyl sites for hydroxylation is 2. The van der Waals surface area contributed by atoms with Crippen LogP contribution in [0.5, 0.6) is 0 Å². The Morgan fingerprint density at radius 2 is 1.71 bits per heavy atom. The third-order valence-corrected chi connectivity index (χ3v) is 7.67. The zero-order valence-electron chi connectivity index (χ0n) is 17.7. The zero-order valence-corrected chi connectivity index (χ0v) is 18.5. The molecule has 0 bridgehead atoms. The minimum absolute atomic E-state index is 0.0343. The number of nitrogens with one attached hydrogen (secondary N) is 1. The number of nitrogens with zero attached hydrogens (tertiary/aromatic N) is 1. The van der Waals surface area contributed by atoms with E-state index in [0.29, 0.717) is 11.3 Å². The number of hydrogen-bond acceptors (Lipinski definition) is 3. The second-order valence-corrected chi connectivity index (χ2v) is 9.87. The standard InChI is InChI=1S/C25H26N2O3S/c1-18-15-16-20(17-24(18)27(2)31(29,30)21-11-4-3-5-12-21)25(28)26-23-14-8-10-19-9-6-7-13-22(19)23/h3-7,9,11-13,15-17,23H,8,10,14H2,1-2H3,(H,26,28)/t23-/m1/s1. The second kappa shape index (κ2) is 8.55. The van der Waals surface area contributed by atoms with Crippen molar-refractivity contribution in [3.05, 3.63) is 95.1 Å². The van der Waals surface area contributed by atoms with Gasteiger partial charge in [0.25, 0.3) is 15.9 Å². The second-order valence-electron chi connectivity index (χ2n) is 7.90. The summed E-state index contributed by atoms with van der Waals surface area (Å²) in [6.07, 6.45) is 2.95. The zero-order chi connectivity index (χ0) is 22.0. The molecule has 0 saturated heterocycles. The molecule has 3 aromatic rings. The highest BCUT2D eigenvalue weighted by Crippen LogP contribution is 2.31. The number of benzene rings is 3. The minimum Gasteiger partial charge on any atom is -0.345 e. The van der Waals surface area contributed by atoms with Gasteiger partial charge in [0.1, 0.15) is 0 Å². The molecule has 0 aromatic heterocycles. The van der Waals surface area contributed by atoms with Gasteiger partial charge in [-0.1, -0.05) is 48.5 Å². The van der Waals surface area contributed by atoms with Crippen LogP contribution in [0.1, 0.15) is 45.9 Å². The van der Waals surface area contributed by atoms with Gasteiger partial charge in [-0.25, -0.2) is 8.42 Å². The largest absolute Gasteiger partial charge is 0.345 e.